The Bertz CT molecular complexity index is 1030. The minimum Gasteiger partial charge on any atom is -0.354 e. The fourth-order valence-electron chi connectivity index (χ4n) is 7.21. The molecule has 0 radical (unpaired) electrons. The van der Waals surface area contributed by atoms with Crippen molar-refractivity contribution in [3.63, 3.8) is 0 Å². The summed E-state index contributed by atoms with van der Waals surface area (Å²) in [6.45, 7) is 0.799. The number of amides is 1. The van der Waals surface area contributed by atoms with Crippen molar-refractivity contribution >= 4 is 27.5 Å². The second-order valence-electron chi connectivity index (χ2n) is 10.5. The predicted octanol–water partition coefficient (Wildman–Crippen LogP) is 4.20. The molecule has 1 amide bonds. The SMILES string of the molecule is C#Cc1ccc(S(=O)(=O)N2CCCCC2CNC(=O)C23CC4CC(CC(C4)C2)C3)c(Cl)c1. The average Bonchev–Trinajstić information content (AvgIpc) is 2.76. The molecule has 4 aliphatic carbocycles. The summed E-state index contributed by atoms with van der Waals surface area (Å²) in [7, 11) is -3.78. The normalized spacial score (nSPS) is 34.2. The highest BCUT2D eigenvalue weighted by molar-refractivity contribution is 7.89. The minimum absolute atomic E-state index is 0.0810. The van der Waals surface area contributed by atoms with Crippen LogP contribution >= 0.6 is 11.6 Å². The number of benzene rings is 1. The number of sulfonamides is 1. The van der Waals surface area contributed by atoms with Crippen LogP contribution in [0.1, 0.15) is 63.4 Å². The molecular weight excluding hydrogens is 444 g/mol. The molecule has 1 saturated heterocycles. The largest absolute Gasteiger partial charge is 0.354 e. The van der Waals surface area contributed by atoms with Crippen LogP contribution in [0.2, 0.25) is 5.02 Å². The van der Waals surface area contributed by atoms with Gasteiger partial charge >= 0.3 is 0 Å². The van der Waals surface area contributed by atoms with E-state index in [2.05, 4.69) is 11.2 Å². The average molecular weight is 475 g/mol. The van der Waals surface area contributed by atoms with Gasteiger partial charge in [0.05, 0.1) is 5.02 Å². The van der Waals surface area contributed by atoms with Gasteiger partial charge in [0.15, 0.2) is 0 Å². The van der Waals surface area contributed by atoms with Crippen molar-refractivity contribution in [2.75, 3.05) is 13.1 Å². The van der Waals surface area contributed by atoms with Gasteiger partial charge in [0.25, 0.3) is 0 Å². The van der Waals surface area contributed by atoms with Crippen LogP contribution in [0.4, 0.5) is 0 Å². The maximum atomic E-state index is 13.5. The Hall–Kier alpha value is -1.55. The number of halogens is 1. The van der Waals surface area contributed by atoms with Crippen molar-refractivity contribution < 1.29 is 13.2 Å². The van der Waals surface area contributed by atoms with Gasteiger partial charge in [0.2, 0.25) is 15.9 Å². The number of carbonyl (C=O) groups is 1. The third-order valence-corrected chi connectivity index (χ3v) is 10.7. The van der Waals surface area contributed by atoms with Crippen LogP contribution in [-0.2, 0) is 14.8 Å². The maximum Gasteiger partial charge on any atom is 0.244 e. The van der Waals surface area contributed by atoms with Crippen molar-refractivity contribution in [1.82, 2.24) is 9.62 Å². The van der Waals surface area contributed by atoms with Crippen LogP contribution in [0, 0.1) is 35.5 Å². The number of carbonyl (C=O) groups excluding carboxylic acids is 1. The van der Waals surface area contributed by atoms with Gasteiger partial charge in [-0.05, 0) is 87.3 Å². The number of hydrogen-bond donors (Lipinski definition) is 1. The van der Waals surface area contributed by atoms with Crippen LogP contribution in [0.5, 0.6) is 0 Å². The minimum atomic E-state index is -3.78. The molecule has 1 aromatic carbocycles. The van der Waals surface area contributed by atoms with Crippen molar-refractivity contribution in [2.45, 2.75) is 68.7 Å². The van der Waals surface area contributed by atoms with Crippen LogP contribution in [0.25, 0.3) is 0 Å². The molecule has 6 rings (SSSR count). The quantitative estimate of drug-likeness (QED) is 0.650. The van der Waals surface area contributed by atoms with E-state index in [-0.39, 0.29) is 27.3 Å². The molecule has 0 spiro atoms. The summed E-state index contributed by atoms with van der Waals surface area (Å²) in [5.74, 6) is 4.73. The summed E-state index contributed by atoms with van der Waals surface area (Å²) in [6, 6.07) is 4.36. The molecule has 32 heavy (non-hydrogen) atoms. The number of hydrogen-bond acceptors (Lipinski definition) is 3. The van der Waals surface area contributed by atoms with Crippen LogP contribution in [-0.4, -0.2) is 37.8 Å². The Morgan fingerprint density at radius 3 is 2.41 bits per heavy atom. The van der Waals surface area contributed by atoms with Gasteiger partial charge < -0.3 is 5.32 Å². The summed E-state index contributed by atoms with van der Waals surface area (Å²) in [5, 5.41) is 3.33. The lowest BCUT2D eigenvalue weighted by Gasteiger charge is -2.55. The zero-order chi connectivity index (χ0) is 22.5. The number of terminal acetylenes is 1. The Balaban J connectivity index is 1.31. The molecule has 172 valence electrons. The second-order valence-corrected chi connectivity index (χ2v) is 12.7. The molecule has 5 fully saturated rings. The summed E-state index contributed by atoms with van der Waals surface area (Å²) in [6.07, 6.45) is 14.8. The molecule has 4 bridgehead atoms. The maximum absolute atomic E-state index is 13.5. The van der Waals surface area contributed by atoms with Gasteiger partial charge in [-0.25, -0.2) is 8.42 Å². The van der Waals surface area contributed by atoms with E-state index in [0.29, 0.717) is 36.4 Å². The summed E-state index contributed by atoms with van der Waals surface area (Å²) in [4.78, 5) is 13.5. The van der Waals surface area contributed by atoms with Crippen LogP contribution in [0.15, 0.2) is 23.1 Å². The molecule has 7 heteroatoms. The lowest BCUT2D eigenvalue weighted by atomic mass is 9.49. The van der Waals surface area contributed by atoms with Crippen molar-refractivity contribution in [3.05, 3.63) is 28.8 Å². The molecule has 1 N–H and O–H groups in total. The van der Waals surface area contributed by atoms with Gasteiger partial charge in [0.1, 0.15) is 4.90 Å². The summed E-state index contributed by atoms with van der Waals surface area (Å²) < 4.78 is 28.5. The van der Waals surface area contributed by atoms with E-state index in [4.69, 9.17) is 18.0 Å². The fraction of sp³-hybridized carbons (Fsp3) is 0.640. The first-order chi connectivity index (χ1) is 15.3. The number of piperidine rings is 1. The van der Waals surface area contributed by atoms with Gasteiger partial charge in [-0.3, -0.25) is 4.79 Å². The Morgan fingerprint density at radius 1 is 1.16 bits per heavy atom. The second kappa shape index (κ2) is 8.34. The molecule has 1 atom stereocenters. The summed E-state index contributed by atoms with van der Waals surface area (Å²) in [5.41, 5.74) is 0.327. The Morgan fingerprint density at radius 2 is 1.81 bits per heavy atom. The monoisotopic (exact) mass is 474 g/mol. The number of nitrogens with zero attached hydrogens (tertiary/aromatic N) is 1. The topological polar surface area (TPSA) is 66.5 Å². The van der Waals surface area contributed by atoms with Crippen molar-refractivity contribution in [1.29, 1.82) is 0 Å². The lowest BCUT2D eigenvalue weighted by Crippen LogP contribution is -2.56. The van der Waals surface area contributed by atoms with Gasteiger partial charge in [0, 0.05) is 30.1 Å². The van der Waals surface area contributed by atoms with Crippen molar-refractivity contribution in [3.8, 4) is 12.3 Å². The molecule has 5 aliphatic rings. The first kappa shape index (κ1) is 22.3. The lowest BCUT2D eigenvalue weighted by molar-refractivity contribution is -0.146. The van der Waals surface area contributed by atoms with Gasteiger partial charge in [-0.1, -0.05) is 23.9 Å². The zero-order valence-electron chi connectivity index (χ0n) is 18.4. The third-order valence-electron chi connectivity index (χ3n) is 8.28. The summed E-state index contributed by atoms with van der Waals surface area (Å²) >= 11 is 6.29. The first-order valence-corrected chi connectivity index (χ1v) is 13.7. The highest BCUT2D eigenvalue weighted by Crippen LogP contribution is 2.60. The van der Waals surface area contributed by atoms with Crippen LogP contribution in [0.3, 0.4) is 0 Å². The Kier molecular flexibility index (Phi) is 5.80. The van der Waals surface area contributed by atoms with Crippen LogP contribution < -0.4 is 5.32 Å². The molecule has 0 aromatic heterocycles. The number of rotatable bonds is 5. The van der Waals surface area contributed by atoms with Gasteiger partial charge in [-0.15, -0.1) is 6.42 Å². The Labute approximate surface area is 196 Å². The van der Waals surface area contributed by atoms with Crippen molar-refractivity contribution in [2.24, 2.45) is 23.2 Å². The first-order valence-electron chi connectivity index (χ1n) is 11.9. The standard InChI is InChI=1S/C25H31ClN2O3S/c1-2-17-6-7-23(22(26)12-17)32(30,31)28-8-4-3-5-21(28)16-27-24(29)25-13-18-9-19(14-25)11-20(10-18)15-25/h1,6-7,12,18-21H,3-5,8-11,13-16H2,(H,27,29). The molecule has 1 heterocycles. The van der Waals surface area contributed by atoms with E-state index in [1.54, 1.807) is 6.07 Å². The molecule has 5 nitrogen and oxygen atoms in total. The molecule has 1 aromatic rings. The molecular formula is C25H31ClN2O3S. The van der Waals surface area contributed by atoms with Gasteiger partial charge in [-0.2, -0.15) is 4.31 Å². The molecule has 1 aliphatic heterocycles. The predicted molar refractivity (Wildman–Crippen MR) is 125 cm³/mol. The van der Waals surface area contributed by atoms with E-state index in [9.17, 15) is 13.2 Å². The zero-order valence-corrected chi connectivity index (χ0v) is 19.9. The van der Waals surface area contributed by atoms with E-state index < -0.39 is 10.0 Å². The van der Waals surface area contributed by atoms with E-state index in [1.807, 2.05) is 0 Å². The highest BCUT2D eigenvalue weighted by Gasteiger charge is 2.54. The molecule has 4 saturated carbocycles. The highest BCUT2D eigenvalue weighted by atomic mass is 35.5. The van der Waals surface area contributed by atoms with E-state index >= 15 is 0 Å². The smallest absolute Gasteiger partial charge is 0.244 e. The van der Waals surface area contributed by atoms with E-state index in [1.165, 1.54) is 35.7 Å². The number of nitrogens with one attached hydrogen (secondary N) is 1. The van der Waals surface area contributed by atoms with E-state index in [0.717, 1.165) is 38.5 Å². The fourth-order valence-corrected chi connectivity index (χ4v) is 9.42. The molecule has 1 unspecified atom stereocenters. The third kappa shape index (κ3) is 3.87.